The smallest absolute Gasteiger partial charge is 0.132 e. The first-order valence-corrected chi connectivity index (χ1v) is 18.8. The minimum atomic E-state index is -0.594. The van der Waals surface area contributed by atoms with Crippen molar-refractivity contribution in [1.29, 1.82) is 0 Å². The maximum absolute atomic E-state index is 6.75. The summed E-state index contributed by atoms with van der Waals surface area (Å²) in [6, 6.07) is 71.4. The molecule has 3 aliphatic rings. The second-order valence-electron chi connectivity index (χ2n) is 14.8. The van der Waals surface area contributed by atoms with Gasteiger partial charge in [-0.25, -0.2) is 0 Å². The molecule has 1 heteroatoms. The van der Waals surface area contributed by atoms with Crippen LogP contribution < -0.4 is 4.74 Å². The van der Waals surface area contributed by atoms with E-state index < -0.39 is 5.41 Å². The lowest BCUT2D eigenvalue weighted by Gasteiger charge is -2.39. The van der Waals surface area contributed by atoms with Crippen LogP contribution in [0.5, 0.6) is 11.5 Å². The van der Waals surface area contributed by atoms with Gasteiger partial charge in [0.2, 0.25) is 0 Å². The fraction of sp³-hybridized carbons (Fsp3) is 0.0189. The van der Waals surface area contributed by atoms with E-state index >= 15 is 0 Å². The Kier molecular flexibility index (Phi) is 6.04. The SMILES string of the molecule is c1ccc(-c2cc(-c3ccccc3)cc(-c3ccc4c(c3)C3(c5ccccc5Oc5ccccc53)c3cc5c6c(cccc6c3-4)-c3ccccc3-5)c2)cc1. The van der Waals surface area contributed by atoms with Gasteiger partial charge in [0.05, 0.1) is 5.41 Å². The molecule has 0 saturated heterocycles. The van der Waals surface area contributed by atoms with Crippen LogP contribution in [-0.2, 0) is 5.41 Å². The first-order chi connectivity index (χ1) is 26.8. The third-order valence-electron chi connectivity index (χ3n) is 12.0. The third kappa shape index (κ3) is 3.93. The Morgan fingerprint density at radius 1 is 0.296 bits per heavy atom. The highest BCUT2D eigenvalue weighted by Gasteiger charge is 2.52. The van der Waals surface area contributed by atoms with Crippen LogP contribution in [0.15, 0.2) is 194 Å². The Bertz CT molecular complexity index is 2910. The highest BCUT2D eigenvalue weighted by molar-refractivity contribution is 6.21. The molecule has 0 atom stereocenters. The molecular weight excluding hydrogens is 653 g/mol. The Hall–Kier alpha value is -6.96. The monoisotopic (exact) mass is 684 g/mol. The van der Waals surface area contributed by atoms with Gasteiger partial charge in [0.1, 0.15) is 11.5 Å². The van der Waals surface area contributed by atoms with Crippen LogP contribution in [0.4, 0.5) is 0 Å². The van der Waals surface area contributed by atoms with Crippen molar-refractivity contribution in [1.82, 2.24) is 0 Å². The highest BCUT2D eigenvalue weighted by atomic mass is 16.5. The van der Waals surface area contributed by atoms with Gasteiger partial charge in [0, 0.05) is 11.1 Å². The lowest BCUT2D eigenvalue weighted by molar-refractivity contribution is 0.436. The molecule has 0 aromatic heterocycles. The average molecular weight is 685 g/mol. The first kappa shape index (κ1) is 29.6. The van der Waals surface area contributed by atoms with Crippen molar-refractivity contribution in [2.45, 2.75) is 5.41 Å². The predicted octanol–water partition coefficient (Wildman–Crippen LogP) is 14.0. The van der Waals surface area contributed by atoms with E-state index in [9.17, 15) is 0 Å². The number of para-hydroxylation sites is 2. The molecule has 0 unspecified atom stereocenters. The van der Waals surface area contributed by atoms with Crippen LogP contribution in [0.1, 0.15) is 22.3 Å². The first-order valence-electron chi connectivity index (χ1n) is 18.8. The molecule has 9 aromatic carbocycles. The average Bonchev–Trinajstić information content (AvgIpc) is 3.72. The van der Waals surface area contributed by atoms with Crippen molar-refractivity contribution in [3.63, 3.8) is 0 Å². The second-order valence-corrected chi connectivity index (χ2v) is 14.8. The van der Waals surface area contributed by atoms with E-state index in [1.165, 1.54) is 99.8 Å². The van der Waals surface area contributed by atoms with Gasteiger partial charge < -0.3 is 4.74 Å². The zero-order chi connectivity index (χ0) is 35.4. The van der Waals surface area contributed by atoms with Gasteiger partial charge in [-0.1, -0.05) is 152 Å². The van der Waals surface area contributed by atoms with E-state index in [1.54, 1.807) is 0 Å². The molecule has 0 radical (unpaired) electrons. The van der Waals surface area contributed by atoms with Crippen molar-refractivity contribution >= 4 is 10.8 Å². The molecule has 12 rings (SSSR count). The topological polar surface area (TPSA) is 9.23 Å². The highest BCUT2D eigenvalue weighted by Crippen LogP contribution is 2.65. The van der Waals surface area contributed by atoms with Crippen molar-refractivity contribution < 1.29 is 4.74 Å². The van der Waals surface area contributed by atoms with Crippen LogP contribution in [0.2, 0.25) is 0 Å². The van der Waals surface area contributed by atoms with Crippen LogP contribution in [0, 0.1) is 0 Å². The van der Waals surface area contributed by atoms with Gasteiger partial charge in [-0.15, -0.1) is 0 Å². The molecule has 0 N–H and O–H groups in total. The number of hydrogen-bond acceptors (Lipinski definition) is 1. The van der Waals surface area contributed by atoms with E-state index in [2.05, 4.69) is 194 Å². The molecule has 54 heavy (non-hydrogen) atoms. The number of benzene rings is 9. The Labute approximate surface area is 314 Å². The number of ether oxygens (including phenoxy) is 1. The Balaban J connectivity index is 1.19. The van der Waals surface area contributed by atoms with Crippen molar-refractivity contribution in [2.75, 3.05) is 0 Å². The van der Waals surface area contributed by atoms with E-state index in [1.807, 2.05) is 0 Å². The minimum Gasteiger partial charge on any atom is -0.457 e. The summed E-state index contributed by atoms with van der Waals surface area (Å²) in [6.07, 6.45) is 0. The van der Waals surface area contributed by atoms with Gasteiger partial charge in [-0.05, 0) is 131 Å². The zero-order valence-corrected chi connectivity index (χ0v) is 29.4. The summed E-state index contributed by atoms with van der Waals surface area (Å²) < 4.78 is 6.75. The predicted molar refractivity (Wildman–Crippen MR) is 222 cm³/mol. The summed E-state index contributed by atoms with van der Waals surface area (Å²) >= 11 is 0. The van der Waals surface area contributed by atoms with Crippen LogP contribution in [0.3, 0.4) is 0 Å². The number of rotatable bonds is 3. The third-order valence-corrected chi connectivity index (χ3v) is 12.0. The summed E-state index contributed by atoms with van der Waals surface area (Å²) in [5, 5.41) is 2.65. The molecule has 1 aliphatic heterocycles. The molecule has 0 saturated carbocycles. The maximum Gasteiger partial charge on any atom is 0.132 e. The molecule has 0 bridgehead atoms. The molecular formula is C53H32O. The molecule has 1 heterocycles. The van der Waals surface area contributed by atoms with Crippen LogP contribution in [-0.4, -0.2) is 0 Å². The number of fused-ring (bicyclic) bond motifs is 13. The summed E-state index contributed by atoms with van der Waals surface area (Å²) in [6.45, 7) is 0. The number of hydrogen-bond donors (Lipinski definition) is 0. The minimum absolute atomic E-state index is 0.594. The quantitative estimate of drug-likeness (QED) is 0.180. The molecule has 0 amide bonds. The fourth-order valence-electron chi connectivity index (χ4n) is 9.82. The summed E-state index contributed by atoms with van der Waals surface area (Å²) in [4.78, 5) is 0. The van der Waals surface area contributed by atoms with Gasteiger partial charge in [0.15, 0.2) is 0 Å². The summed E-state index contributed by atoms with van der Waals surface area (Å²) in [7, 11) is 0. The maximum atomic E-state index is 6.75. The normalized spacial score (nSPS) is 13.5. The van der Waals surface area contributed by atoms with Crippen molar-refractivity contribution in [2.24, 2.45) is 0 Å². The van der Waals surface area contributed by atoms with Gasteiger partial charge in [0.25, 0.3) is 0 Å². The van der Waals surface area contributed by atoms with E-state index in [-0.39, 0.29) is 0 Å². The Morgan fingerprint density at radius 3 is 1.48 bits per heavy atom. The van der Waals surface area contributed by atoms with Gasteiger partial charge in [-0.3, -0.25) is 0 Å². The lowest BCUT2D eigenvalue weighted by atomic mass is 9.65. The molecule has 1 spiro atoms. The van der Waals surface area contributed by atoms with Gasteiger partial charge >= 0.3 is 0 Å². The standard InChI is InChI=1S/C53H32O/c1-3-14-33(15-4-1)36-28-37(34-16-5-2-6-17-34)30-38(29-36)35-26-27-42-47(31-35)53(45-22-9-11-24-49(45)54-50-25-12-10-23-46(50)53)48-32-44-40-19-8-7-18-39(40)41-20-13-21-43(51(41)44)52(42)48/h1-32H. The Morgan fingerprint density at radius 2 is 0.833 bits per heavy atom. The molecule has 1 nitrogen and oxygen atoms in total. The van der Waals surface area contributed by atoms with Crippen molar-refractivity contribution in [3.8, 4) is 78.3 Å². The van der Waals surface area contributed by atoms with Gasteiger partial charge in [-0.2, -0.15) is 0 Å². The van der Waals surface area contributed by atoms with Crippen molar-refractivity contribution in [3.05, 3.63) is 216 Å². The lowest BCUT2D eigenvalue weighted by Crippen LogP contribution is -2.32. The van der Waals surface area contributed by atoms with E-state index in [0.717, 1.165) is 11.5 Å². The fourth-order valence-corrected chi connectivity index (χ4v) is 9.82. The second kappa shape index (κ2) is 11.0. The molecule has 250 valence electrons. The van der Waals surface area contributed by atoms with E-state index in [0.29, 0.717) is 0 Å². The molecule has 2 aliphatic carbocycles. The summed E-state index contributed by atoms with van der Waals surface area (Å²) in [5.74, 6) is 1.81. The van der Waals surface area contributed by atoms with E-state index in [4.69, 9.17) is 4.74 Å². The zero-order valence-electron chi connectivity index (χ0n) is 29.4. The molecule has 9 aromatic rings. The van der Waals surface area contributed by atoms with Crippen LogP contribution in [0.25, 0.3) is 77.5 Å². The summed E-state index contributed by atoms with van der Waals surface area (Å²) in [5.41, 5.74) is 19.4. The molecule has 0 fully saturated rings. The van der Waals surface area contributed by atoms with Crippen LogP contribution >= 0.6 is 0 Å². The largest absolute Gasteiger partial charge is 0.457 e.